The predicted octanol–water partition coefficient (Wildman–Crippen LogP) is 3.59. The van der Waals surface area contributed by atoms with E-state index in [1.165, 1.54) is 12.1 Å². The van der Waals surface area contributed by atoms with Gasteiger partial charge in [-0.3, -0.25) is 0 Å². The maximum Gasteiger partial charge on any atom is 0.338 e. The van der Waals surface area contributed by atoms with Gasteiger partial charge in [0.25, 0.3) is 0 Å². The molecule has 98 valence electrons. The van der Waals surface area contributed by atoms with E-state index in [4.69, 9.17) is 9.84 Å². The number of benzene rings is 2. The van der Waals surface area contributed by atoms with E-state index >= 15 is 0 Å². The van der Waals surface area contributed by atoms with Gasteiger partial charge in [0.1, 0.15) is 11.6 Å². The van der Waals surface area contributed by atoms with Crippen LogP contribution in [-0.4, -0.2) is 17.7 Å². The quantitative estimate of drug-likeness (QED) is 0.913. The Morgan fingerprint density at radius 3 is 2.58 bits per heavy atom. The third-order valence-corrected chi connectivity index (χ3v) is 2.68. The Labute approximate surface area is 110 Å². The van der Waals surface area contributed by atoms with Crippen LogP contribution in [0.3, 0.4) is 0 Å². The van der Waals surface area contributed by atoms with Gasteiger partial charge in [0.15, 0.2) is 0 Å². The van der Waals surface area contributed by atoms with Gasteiger partial charge in [0.05, 0.1) is 12.2 Å². The van der Waals surface area contributed by atoms with E-state index in [2.05, 4.69) is 0 Å². The number of carboxylic acid groups (broad SMARTS) is 1. The average Bonchev–Trinajstić information content (AvgIpc) is 2.39. The lowest BCUT2D eigenvalue weighted by atomic mass is 10.0. The fourth-order valence-corrected chi connectivity index (χ4v) is 1.80. The summed E-state index contributed by atoms with van der Waals surface area (Å²) in [4.78, 5) is 10.7. The van der Waals surface area contributed by atoms with Crippen LogP contribution in [0.25, 0.3) is 11.1 Å². The normalized spacial score (nSPS) is 10.2. The summed E-state index contributed by atoms with van der Waals surface area (Å²) in [6.45, 7) is 2.43. The van der Waals surface area contributed by atoms with E-state index in [1.54, 1.807) is 12.1 Å². The Hall–Kier alpha value is -2.36. The maximum absolute atomic E-state index is 13.6. The number of hydrogen-bond donors (Lipinski definition) is 1. The smallest absolute Gasteiger partial charge is 0.338 e. The topological polar surface area (TPSA) is 46.5 Å². The molecule has 0 amide bonds. The Bertz CT molecular complexity index is 608. The Kier molecular flexibility index (Phi) is 3.80. The van der Waals surface area contributed by atoms with Crippen LogP contribution in [0.4, 0.5) is 4.39 Å². The zero-order chi connectivity index (χ0) is 13.8. The molecular formula is C15H13FO3. The third-order valence-electron chi connectivity index (χ3n) is 2.68. The lowest BCUT2D eigenvalue weighted by Gasteiger charge is -2.07. The summed E-state index contributed by atoms with van der Waals surface area (Å²) < 4.78 is 19.0. The largest absolute Gasteiger partial charge is 0.494 e. The first-order valence-corrected chi connectivity index (χ1v) is 5.88. The zero-order valence-electron chi connectivity index (χ0n) is 10.4. The average molecular weight is 260 g/mol. The SMILES string of the molecule is CCOc1cccc(-c2ccc(C(=O)O)c(F)c2)c1. The zero-order valence-corrected chi connectivity index (χ0v) is 10.4. The van der Waals surface area contributed by atoms with Crippen molar-refractivity contribution in [1.29, 1.82) is 0 Å². The van der Waals surface area contributed by atoms with Gasteiger partial charge in [0.2, 0.25) is 0 Å². The first-order chi connectivity index (χ1) is 9.11. The number of rotatable bonds is 4. The fraction of sp³-hybridized carbons (Fsp3) is 0.133. The van der Waals surface area contributed by atoms with E-state index in [0.717, 1.165) is 5.56 Å². The lowest BCUT2D eigenvalue weighted by Crippen LogP contribution is -2.00. The highest BCUT2D eigenvalue weighted by Crippen LogP contribution is 2.25. The van der Waals surface area contributed by atoms with E-state index in [0.29, 0.717) is 17.9 Å². The summed E-state index contributed by atoms with van der Waals surface area (Å²) in [6, 6.07) is 11.3. The van der Waals surface area contributed by atoms with Gasteiger partial charge in [-0.05, 0) is 42.3 Å². The Morgan fingerprint density at radius 1 is 1.21 bits per heavy atom. The fourth-order valence-electron chi connectivity index (χ4n) is 1.80. The second kappa shape index (κ2) is 5.52. The van der Waals surface area contributed by atoms with Gasteiger partial charge in [0, 0.05) is 0 Å². The first-order valence-electron chi connectivity index (χ1n) is 5.88. The number of halogens is 1. The van der Waals surface area contributed by atoms with Crippen LogP contribution in [0.5, 0.6) is 5.75 Å². The summed E-state index contributed by atoms with van der Waals surface area (Å²) >= 11 is 0. The van der Waals surface area contributed by atoms with E-state index in [-0.39, 0.29) is 5.56 Å². The second-order valence-corrected chi connectivity index (χ2v) is 3.96. The van der Waals surface area contributed by atoms with E-state index < -0.39 is 11.8 Å². The molecule has 0 spiro atoms. The van der Waals surface area contributed by atoms with Gasteiger partial charge in [-0.1, -0.05) is 18.2 Å². The molecule has 0 atom stereocenters. The molecule has 0 unspecified atom stereocenters. The van der Waals surface area contributed by atoms with E-state index in [9.17, 15) is 9.18 Å². The molecule has 1 N–H and O–H groups in total. The summed E-state index contributed by atoms with van der Waals surface area (Å²) in [5.41, 5.74) is 1.07. The van der Waals surface area contributed by atoms with Crippen molar-refractivity contribution in [2.24, 2.45) is 0 Å². The molecule has 19 heavy (non-hydrogen) atoms. The summed E-state index contributed by atoms with van der Waals surface area (Å²) in [5, 5.41) is 8.78. The van der Waals surface area contributed by atoms with Gasteiger partial charge >= 0.3 is 5.97 Å². The van der Waals surface area contributed by atoms with Gasteiger partial charge < -0.3 is 9.84 Å². The molecule has 0 radical (unpaired) electrons. The van der Waals surface area contributed by atoms with Crippen molar-refractivity contribution in [2.45, 2.75) is 6.92 Å². The third kappa shape index (κ3) is 2.91. The van der Waals surface area contributed by atoms with Crippen LogP contribution in [0.15, 0.2) is 42.5 Å². The highest BCUT2D eigenvalue weighted by Gasteiger charge is 2.11. The van der Waals surface area contributed by atoms with Gasteiger partial charge in [-0.25, -0.2) is 9.18 Å². The number of ether oxygens (including phenoxy) is 1. The maximum atomic E-state index is 13.6. The molecule has 2 aromatic rings. The standard InChI is InChI=1S/C15H13FO3/c1-2-19-12-5-3-4-10(8-12)11-6-7-13(15(17)18)14(16)9-11/h3-9H,2H2,1H3,(H,17,18). The number of carbonyl (C=O) groups is 1. The minimum absolute atomic E-state index is 0.329. The highest BCUT2D eigenvalue weighted by molar-refractivity contribution is 5.88. The van der Waals surface area contributed by atoms with Crippen molar-refractivity contribution < 1.29 is 19.0 Å². The lowest BCUT2D eigenvalue weighted by molar-refractivity contribution is 0.0692. The van der Waals surface area contributed by atoms with Gasteiger partial charge in [-0.15, -0.1) is 0 Å². The van der Waals surface area contributed by atoms with Crippen LogP contribution in [0, 0.1) is 5.82 Å². The van der Waals surface area contributed by atoms with Crippen molar-refractivity contribution >= 4 is 5.97 Å². The van der Waals surface area contributed by atoms with Crippen molar-refractivity contribution in [1.82, 2.24) is 0 Å². The highest BCUT2D eigenvalue weighted by atomic mass is 19.1. The van der Waals surface area contributed by atoms with Crippen molar-refractivity contribution in [3.05, 3.63) is 53.8 Å². The molecular weight excluding hydrogens is 247 g/mol. The molecule has 0 aliphatic heterocycles. The molecule has 3 nitrogen and oxygen atoms in total. The number of hydrogen-bond acceptors (Lipinski definition) is 2. The molecule has 0 aliphatic carbocycles. The Balaban J connectivity index is 2.39. The molecule has 0 saturated heterocycles. The molecule has 0 heterocycles. The summed E-state index contributed by atoms with van der Waals surface area (Å²) in [6.07, 6.45) is 0. The predicted molar refractivity (Wildman–Crippen MR) is 70.0 cm³/mol. The molecule has 0 aromatic heterocycles. The van der Waals surface area contributed by atoms with Crippen LogP contribution < -0.4 is 4.74 Å². The van der Waals surface area contributed by atoms with Crippen LogP contribution in [0.2, 0.25) is 0 Å². The first kappa shape index (κ1) is 13.1. The van der Waals surface area contributed by atoms with Crippen LogP contribution in [-0.2, 0) is 0 Å². The van der Waals surface area contributed by atoms with Gasteiger partial charge in [-0.2, -0.15) is 0 Å². The summed E-state index contributed by atoms with van der Waals surface area (Å²) in [5.74, 6) is -1.32. The molecule has 4 heteroatoms. The molecule has 0 aliphatic rings. The number of carboxylic acids is 1. The van der Waals surface area contributed by atoms with E-state index in [1.807, 2.05) is 25.1 Å². The molecule has 0 fully saturated rings. The van der Waals surface area contributed by atoms with Crippen molar-refractivity contribution in [2.75, 3.05) is 6.61 Å². The van der Waals surface area contributed by atoms with Crippen LogP contribution in [0.1, 0.15) is 17.3 Å². The minimum atomic E-state index is -1.27. The van der Waals surface area contributed by atoms with Crippen LogP contribution >= 0.6 is 0 Å². The number of aromatic carboxylic acids is 1. The molecule has 2 rings (SSSR count). The molecule has 2 aromatic carbocycles. The minimum Gasteiger partial charge on any atom is -0.494 e. The molecule has 0 saturated carbocycles. The Morgan fingerprint density at radius 2 is 1.95 bits per heavy atom. The van der Waals surface area contributed by atoms with Crippen molar-refractivity contribution in [3.8, 4) is 16.9 Å². The molecule has 0 bridgehead atoms. The monoisotopic (exact) mass is 260 g/mol. The second-order valence-electron chi connectivity index (χ2n) is 3.96. The van der Waals surface area contributed by atoms with Crippen molar-refractivity contribution in [3.63, 3.8) is 0 Å². The summed E-state index contributed by atoms with van der Waals surface area (Å²) in [7, 11) is 0.